The normalized spacial score (nSPS) is 9.18. The van der Waals surface area contributed by atoms with Crippen molar-refractivity contribution in [1.29, 1.82) is 0 Å². The summed E-state index contributed by atoms with van der Waals surface area (Å²) in [6.45, 7) is 1.74. The molecule has 0 saturated carbocycles. The number of carbonyl (C=O) groups is 1. The van der Waals surface area contributed by atoms with Crippen molar-refractivity contribution in [2.24, 2.45) is 0 Å². The molecule has 0 aromatic carbocycles. The molecule has 1 aromatic heterocycles. The molecule has 0 amide bonds. The lowest BCUT2D eigenvalue weighted by Gasteiger charge is -1.99. The highest BCUT2D eigenvalue weighted by Gasteiger charge is 1.98. The van der Waals surface area contributed by atoms with Crippen LogP contribution in [0.15, 0.2) is 18.3 Å². The van der Waals surface area contributed by atoms with Crippen molar-refractivity contribution in [3.8, 4) is 5.75 Å². The third kappa shape index (κ3) is 2.37. The number of hydrogen-bond acceptors (Lipinski definition) is 3. The van der Waals surface area contributed by atoms with E-state index in [9.17, 15) is 4.79 Å². The Balaban J connectivity index is 2.58. The minimum atomic E-state index is -0.246. The summed E-state index contributed by atoms with van der Waals surface area (Å²) in [6.07, 6.45) is 4.47. The Morgan fingerprint density at radius 2 is 2.64 bits per heavy atom. The molecular weight excluding hydrogens is 142 g/mol. The molecule has 0 saturated heterocycles. The smallest absolute Gasteiger partial charge is 0.310 e. The van der Waals surface area contributed by atoms with Gasteiger partial charge in [-0.1, -0.05) is 6.92 Å². The van der Waals surface area contributed by atoms with Crippen molar-refractivity contribution in [2.75, 3.05) is 0 Å². The molecule has 1 aromatic rings. The molecule has 3 heteroatoms. The molecule has 0 aliphatic rings. The second-order valence-corrected chi connectivity index (χ2v) is 1.95. The van der Waals surface area contributed by atoms with Crippen molar-refractivity contribution in [3.05, 3.63) is 24.5 Å². The number of carbonyl (C=O) groups excluding carboxylic acids is 1. The highest BCUT2D eigenvalue weighted by atomic mass is 16.5. The first kappa shape index (κ1) is 7.72. The molecule has 1 radical (unpaired) electrons. The summed E-state index contributed by atoms with van der Waals surface area (Å²) in [7, 11) is 0. The standard InChI is InChI=1S/C8H8NO2/c1-2-8(10)11-7-3-5-9-6-4-7/h3-5H,2H2,1H3. The van der Waals surface area contributed by atoms with E-state index in [1.165, 1.54) is 12.3 Å². The first-order valence-corrected chi connectivity index (χ1v) is 3.35. The Morgan fingerprint density at radius 1 is 1.82 bits per heavy atom. The van der Waals surface area contributed by atoms with Gasteiger partial charge in [0.15, 0.2) is 0 Å². The maximum absolute atomic E-state index is 10.7. The van der Waals surface area contributed by atoms with E-state index in [0.29, 0.717) is 12.2 Å². The third-order valence-corrected chi connectivity index (χ3v) is 1.12. The zero-order valence-corrected chi connectivity index (χ0v) is 6.20. The number of nitrogens with zero attached hydrogens (tertiary/aromatic N) is 1. The molecule has 0 fully saturated rings. The maximum Gasteiger partial charge on any atom is 0.310 e. The molecule has 0 spiro atoms. The van der Waals surface area contributed by atoms with E-state index < -0.39 is 0 Å². The Hall–Kier alpha value is -1.38. The summed E-state index contributed by atoms with van der Waals surface area (Å²) in [5.74, 6) is 0.247. The molecular formula is C8H8NO2. The maximum atomic E-state index is 10.7. The van der Waals surface area contributed by atoms with Crippen LogP contribution in [0.25, 0.3) is 0 Å². The summed E-state index contributed by atoms with van der Waals surface area (Å²) >= 11 is 0. The van der Waals surface area contributed by atoms with E-state index >= 15 is 0 Å². The first-order valence-electron chi connectivity index (χ1n) is 3.35. The monoisotopic (exact) mass is 150 g/mol. The van der Waals surface area contributed by atoms with Gasteiger partial charge in [0.05, 0.1) is 6.20 Å². The first-order chi connectivity index (χ1) is 5.33. The van der Waals surface area contributed by atoms with E-state index in [0.717, 1.165) is 0 Å². The highest BCUT2D eigenvalue weighted by Crippen LogP contribution is 2.06. The van der Waals surface area contributed by atoms with E-state index in [4.69, 9.17) is 4.74 Å². The van der Waals surface area contributed by atoms with Crippen LogP contribution in [-0.4, -0.2) is 11.0 Å². The zero-order chi connectivity index (χ0) is 8.10. The molecule has 1 heterocycles. The molecule has 0 aliphatic carbocycles. The van der Waals surface area contributed by atoms with Crippen LogP contribution >= 0.6 is 0 Å². The molecule has 0 atom stereocenters. The molecule has 3 nitrogen and oxygen atoms in total. The fourth-order valence-electron chi connectivity index (χ4n) is 0.570. The van der Waals surface area contributed by atoms with Gasteiger partial charge >= 0.3 is 5.97 Å². The lowest BCUT2D eigenvalue weighted by atomic mass is 10.4. The van der Waals surface area contributed by atoms with Gasteiger partial charge in [-0.2, -0.15) is 0 Å². The number of hydrogen-bond donors (Lipinski definition) is 0. The van der Waals surface area contributed by atoms with Gasteiger partial charge in [0.1, 0.15) is 5.75 Å². The second kappa shape index (κ2) is 3.71. The summed E-state index contributed by atoms with van der Waals surface area (Å²) in [5.41, 5.74) is 0. The number of rotatable bonds is 2. The Bertz CT molecular complexity index is 233. The average molecular weight is 150 g/mol. The van der Waals surface area contributed by atoms with Crippen molar-refractivity contribution in [3.63, 3.8) is 0 Å². The van der Waals surface area contributed by atoms with Crippen LogP contribution in [0, 0.1) is 6.20 Å². The fraction of sp³-hybridized carbons (Fsp3) is 0.250. The van der Waals surface area contributed by atoms with Gasteiger partial charge in [-0.25, -0.2) is 0 Å². The van der Waals surface area contributed by atoms with Crippen LogP contribution in [0.4, 0.5) is 0 Å². The topological polar surface area (TPSA) is 39.2 Å². The van der Waals surface area contributed by atoms with E-state index in [1.54, 1.807) is 13.0 Å². The van der Waals surface area contributed by atoms with Gasteiger partial charge in [0.25, 0.3) is 0 Å². The number of aromatic nitrogens is 1. The largest absolute Gasteiger partial charge is 0.426 e. The molecule has 0 unspecified atom stereocenters. The SMILES string of the molecule is CCC(=O)Oc1c[c]ncc1. The lowest BCUT2D eigenvalue weighted by molar-refractivity contribution is -0.134. The molecule has 57 valence electrons. The van der Waals surface area contributed by atoms with Crippen LogP contribution in [0.2, 0.25) is 0 Å². The quantitative estimate of drug-likeness (QED) is 0.594. The van der Waals surface area contributed by atoms with Crippen molar-refractivity contribution < 1.29 is 9.53 Å². The minimum Gasteiger partial charge on any atom is -0.426 e. The van der Waals surface area contributed by atoms with Crippen molar-refractivity contribution >= 4 is 5.97 Å². The van der Waals surface area contributed by atoms with Gasteiger partial charge in [0.2, 0.25) is 0 Å². The summed E-state index contributed by atoms with van der Waals surface area (Å²) < 4.78 is 4.85. The number of pyridine rings is 1. The lowest BCUT2D eigenvalue weighted by Crippen LogP contribution is -2.05. The van der Waals surface area contributed by atoms with Gasteiger partial charge in [0, 0.05) is 18.7 Å². The predicted octanol–water partition coefficient (Wildman–Crippen LogP) is 1.20. The number of esters is 1. The molecule has 1 rings (SSSR count). The summed E-state index contributed by atoms with van der Waals surface area (Å²) in [6, 6.07) is 3.14. The molecule has 0 N–H and O–H groups in total. The van der Waals surface area contributed by atoms with Gasteiger partial charge in [-0.3, -0.25) is 9.78 Å². The third-order valence-electron chi connectivity index (χ3n) is 1.12. The van der Waals surface area contributed by atoms with Crippen LogP contribution in [0.1, 0.15) is 13.3 Å². The van der Waals surface area contributed by atoms with Crippen molar-refractivity contribution in [1.82, 2.24) is 4.98 Å². The van der Waals surface area contributed by atoms with Gasteiger partial charge in [-0.05, 0) is 6.07 Å². The van der Waals surface area contributed by atoms with Crippen molar-refractivity contribution in [2.45, 2.75) is 13.3 Å². The highest BCUT2D eigenvalue weighted by molar-refractivity contribution is 5.71. The Morgan fingerprint density at radius 3 is 3.18 bits per heavy atom. The number of ether oxygens (including phenoxy) is 1. The Kier molecular flexibility index (Phi) is 2.60. The van der Waals surface area contributed by atoms with Crippen LogP contribution < -0.4 is 4.74 Å². The van der Waals surface area contributed by atoms with E-state index in [1.807, 2.05) is 0 Å². The zero-order valence-electron chi connectivity index (χ0n) is 6.20. The predicted molar refractivity (Wildman–Crippen MR) is 39.0 cm³/mol. The van der Waals surface area contributed by atoms with Gasteiger partial charge in [-0.15, -0.1) is 0 Å². The molecule has 11 heavy (non-hydrogen) atoms. The summed E-state index contributed by atoms with van der Waals surface area (Å²) in [5, 5.41) is 0. The Labute approximate surface area is 65.0 Å². The average Bonchev–Trinajstić information content (AvgIpc) is 2.06. The van der Waals surface area contributed by atoms with Crippen LogP contribution in [-0.2, 0) is 4.79 Å². The fourth-order valence-corrected chi connectivity index (χ4v) is 0.570. The van der Waals surface area contributed by atoms with E-state index in [-0.39, 0.29) is 5.97 Å². The minimum absolute atomic E-state index is 0.246. The second-order valence-electron chi connectivity index (χ2n) is 1.95. The van der Waals surface area contributed by atoms with Crippen LogP contribution in [0.5, 0.6) is 5.75 Å². The molecule has 0 bridgehead atoms. The molecule has 0 aliphatic heterocycles. The van der Waals surface area contributed by atoms with E-state index in [2.05, 4.69) is 11.2 Å². The van der Waals surface area contributed by atoms with Gasteiger partial charge < -0.3 is 4.74 Å². The van der Waals surface area contributed by atoms with Crippen LogP contribution in [0.3, 0.4) is 0 Å². The summed E-state index contributed by atoms with van der Waals surface area (Å²) in [4.78, 5) is 14.4.